The van der Waals surface area contributed by atoms with Crippen molar-refractivity contribution in [3.8, 4) is 0 Å². The van der Waals surface area contributed by atoms with Crippen molar-refractivity contribution in [2.45, 2.75) is 19.4 Å². The van der Waals surface area contributed by atoms with Gasteiger partial charge in [-0.05, 0) is 30.2 Å². The summed E-state index contributed by atoms with van der Waals surface area (Å²) in [6, 6.07) is 10.7. The molecule has 4 heteroatoms. The molecule has 1 N–H and O–H groups in total. The molecule has 1 atom stereocenters. The quantitative estimate of drug-likeness (QED) is 0.874. The Morgan fingerprint density at radius 2 is 2.10 bits per heavy atom. The summed E-state index contributed by atoms with van der Waals surface area (Å²) >= 11 is 3.53. The average molecular weight is 334 g/mol. The van der Waals surface area contributed by atoms with Crippen molar-refractivity contribution in [1.82, 2.24) is 4.98 Å². The minimum Gasteiger partial charge on any atom is -0.376 e. The van der Waals surface area contributed by atoms with Gasteiger partial charge < -0.3 is 10.2 Å². The van der Waals surface area contributed by atoms with Crippen molar-refractivity contribution >= 4 is 27.3 Å². The lowest BCUT2D eigenvalue weighted by molar-refractivity contribution is 0.748. The maximum Gasteiger partial charge on any atom is 0.0769 e. The largest absolute Gasteiger partial charge is 0.376 e. The first-order chi connectivity index (χ1) is 9.61. The van der Waals surface area contributed by atoms with Gasteiger partial charge in [-0.2, -0.15) is 0 Å². The highest BCUT2D eigenvalue weighted by atomic mass is 79.9. The highest BCUT2D eigenvalue weighted by Gasteiger charge is 2.12. The molecular weight excluding hydrogens is 314 g/mol. The van der Waals surface area contributed by atoms with E-state index in [1.807, 2.05) is 38.6 Å². The standard InChI is InChI=1S/C16H20BrN3/c1-4-14(12-6-5-7-13(17)10-12)19-15-11-18-9-8-16(15)20(2)3/h5-11,14,19H,4H2,1-3H3. The number of benzene rings is 1. The fourth-order valence-corrected chi connectivity index (χ4v) is 2.64. The number of nitrogens with one attached hydrogen (secondary N) is 1. The van der Waals surface area contributed by atoms with Gasteiger partial charge in [0, 0.05) is 24.8 Å². The molecule has 0 aliphatic heterocycles. The first-order valence-corrected chi connectivity index (χ1v) is 7.54. The average Bonchev–Trinajstić information content (AvgIpc) is 2.45. The number of pyridine rings is 1. The van der Waals surface area contributed by atoms with Crippen LogP contribution in [0.3, 0.4) is 0 Å². The summed E-state index contributed by atoms with van der Waals surface area (Å²) in [6.45, 7) is 2.18. The zero-order valence-electron chi connectivity index (χ0n) is 12.1. The fourth-order valence-electron chi connectivity index (χ4n) is 2.22. The molecule has 0 aliphatic carbocycles. The second-order valence-corrected chi connectivity index (χ2v) is 5.86. The SMILES string of the molecule is CCC(Nc1cnccc1N(C)C)c1cccc(Br)c1. The predicted octanol–water partition coefficient (Wildman–Crippen LogP) is 4.47. The lowest BCUT2D eigenvalue weighted by Crippen LogP contribution is -2.15. The number of aromatic nitrogens is 1. The van der Waals surface area contributed by atoms with E-state index in [1.54, 1.807) is 0 Å². The van der Waals surface area contributed by atoms with Gasteiger partial charge in [0.1, 0.15) is 0 Å². The van der Waals surface area contributed by atoms with Gasteiger partial charge in [0.15, 0.2) is 0 Å². The Balaban J connectivity index is 2.27. The van der Waals surface area contributed by atoms with Crippen LogP contribution in [0.15, 0.2) is 47.2 Å². The first kappa shape index (κ1) is 14.9. The van der Waals surface area contributed by atoms with Crippen LogP contribution in [0.25, 0.3) is 0 Å². The molecule has 1 aromatic heterocycles. The Bertz CT molecular complexity index is 569. The van der Waals surface area contributed by atoms with E-state index in [9.17, 15) is 0 Å². The van der Waals surface area contributed by atoms with E-state index in [0.29, 0.717) is 0 Å². The molecule has 0 saturated heterocycles. The summed E-state index contributed by atoms with van der Waals surface area (Å²) in [4.78, 5) is 6.32. The van der Waals surface area contributed by atoms with Gasteiger partial charge in [-0.25, -0.2) is 0 Å². The Hall–Kier alpha value is -1.55. The van der Waals surface area contributed by atoms with Crippen LogP contribution in [0.5, 0.6) is 0 Å². The number of halogens is 1. The molecule has 0 saturated carbocycles. The molecule has 2 aromatic rings. The van der Waals surface area contributed by atoms with Crippen molar-refractivity contribution in [2.24, 2.45) is 0 Å². The summed E-state index contributed by atoms with van der Waals surface area (Å²) in [7, 11) is 4.08. The lowest BCUT2D eigenvalue weighted by atomic mass is 10.0. The molecule has 1 unspecified atom stereocenters. The van der Waals surface area contributed by atoms with Gasteiger partial charge >= 0.3 is 0 Å². The summed E-state index contributed by atoms with van der Waals surface area (Å²) in [5.41, 5.74) is 3.48. The second-order valence-electron chi connectivity index (χ2n) is 4.95. The van der Waals surface area contributed by atoms with Gasteiger partial charge in [-0.1, -0.05) is 35.0 Å². The van der Waals surface area contributed by atoms with Crippen LogP contribution in [0.2, 0.25) is 0 Å². The van der Waals surface area contributed by atoms with Gasteiger partial charge in [-0.15, -0.1) is 0 Å². The third-order valence-electron chi connectivity index (χ3n) is 3.27. The molecule has 20 heavy (non-hydrogen) atoms. The number of hydrogen-bond donors (Lipinski definition) is 1. The van der Waals surface area contributed by atoms with E-state index < -0.39 is 0 Å². The van der Waals surface area contributed by atoms with Gasteiger partial charge in [0.25, 0.3) is 0 Å². The van der Waals surface area contributed by atoms with Gasteiger partial charge in [-0.3, -0.25) is 4.98 Å². The number of rotatable bonds is 5. The Labute approximate surface area is 129 Å². The topological polar surface area (TPSA) is 28.2 Å². The third-order valence-corrected chi connectivity index (χ3v) is 3.76. The highest BCUT2D eigenvalue weighted by molar-refractivity contribution is 9.10. The Morgan fingerprint density at radius 3 is 2.75 bits per heavy atom. The van der Waals surface area contributed by atoms with Crippen LogP contribution >= 0.6 is 15.9 Å². The predicted molar refractivity (Wildman–Crippen MR) is 89.4 cm³/mol. The molecule has 2 rings (SSSR count). The molecule has 0 radical (unpaired) electrons. The lowest BCUT2D eigenvalue weighted by Gasteiger charge is -2.23. The smallest absolute Gasteiger partial charge is 0.0769 e. The van der Waals surface area contributed by atoms with E-state index >= 15 is 0 Å². The van der Waals surface area contributed by atoms with Crippen LogP contribution in [0, 0.1) is 0 Å². The van der Waals surface area contributed by atoms with Crippen LogP contribution in [0.1, 0.15) is 24.9 Å². The van der Waals surface area contributed by atoms with Crippen LogP contribution in [0.4, 0.5) is 11.4 Å². The van der Waals surface area contributed by atoms with Crippen molar-refractivity contribution in [3.63, 3.8) is 0 Å². The van der Waals surface area contributed by atoms with Crippen LogP contribution in [-0.2, 0) is 0 Å². The molecule has 106 valence electrons. The van der Waals surface area contributed by atoms with Crippen molar-refractivity contribution in [2.75, 3.05) is 24.3 Å². The van der Waals surface area contributed by atoms with Crippen molar-refractivity contribution < 1.29 is 0 Å². The van der Waals surface area contributed by atoms with Crippen LogP contribution in [-0.4, -0.2) is 19.1 Å². The number of nitrogens with zero attached hydrogens (tertiary/aromatic N) is 2. The molecule has 0 aliphatic rings. The zero-order chi connectivity index (χ0) is 14.5. The molecule has 3 nitrogen and oxygen atoms in total. The fraction of sp³-hybridized carbons (Fsp3) is 0.312. The molecule has 0 fully saturated rings. The van der Waals surface area contributed by atoms with E-state index in [4.69, 9.17) is 0 Å². The molecule has 1 aromatic carbocycles. The normalized spacial score (nSPS) is 12.0. The van der Waals surface area contributed by atoms with Crippen molar-refractivity contribution in [1.29, 1.82) is 0 Å². The molecular formula is C16H20BrN3. The maximum atomic E-state index is 4.23. The minimum atomic E-state index is 0.274. The summed E-state index contributed by atoms with van der Waals surface area (Å²) in [6.07, 6.45) is 4.72. The van der Waals surface area contributed by atoms with Crippen LogP contribution < -0.4 is 10.2 Å². The van der Waals surface area contributed by atoms with E-state index in [0.717, 1.165) is 22.3 Å². The summed E-state index contributed by atoms with van der Waals surface area (Å²) in [5, 5.41) is 3.60. The second kappa shape index (κ2) is 6.75. The number of anilines is 2. The summed E-state index contributed by atoms with van der Waals surface area (Å²) < 4.78 is 1.11. The molecule has 1 heterocycles. The monoisotopic (exact) mass is 333 g/mol. The first-order valence-electron chi connectivity index (χ1n) is 6.75. The molecule has 0 spiro atoms. The number of hydrogen-bond acceptors (Lipinski definition) is 3. The van der Waals surface area contributed by atoms with Crippen molar-refractivity contribution in [3.05, 3.63) is 52.8 Å². The Morgan fingerprint density at radius 1 is 1.30 bits per heavy atom. The third kappa shape index (κ3) is 3.51. The highest BCUT2D eigenvalue weighted by Crippen LogP contribution is 2.29. The van der Waals surface area contributed by atoms with E-state index in [2.05, 4.69) is 56.3 Å². The Kier molecular flexibility index (Phi) is 5.01. The van der Waals surface area contributed by atoms with Gasteiger partial charge in [0.2, 0.25) is 0 Å². The maximum absolute atomic E-state index is 4.23. The minimum absolute atomic E-state index is 0.274. The summed E-state index contributed by atoms with van der Waals surface area (Å²) in [5.74, 6) is 0. The van der Waals surface area contributed by atoms with E-state index in [-0.39, 0.29) is 6.04 Å². The zero-order valence-corrected chi connectivity index (χ0v) is 13.7. The van der Waals surface area contributed by atoms with E-state index in [1.165, 1.54) is 5.56 Å². The molecule has 0 bridgehead atoms. The molecule has 0 amide bonds. The van der Waals surface area contributed by atoms with Gasteiger partial charge in [0.05, 0.1) is 23.6 Å².